The van der Waals surface area contributed by atoms with Crippen LogP contribution >= 0.6 is 0 Å². The van der Waals surface area contributed by atoms with Crippen molar-refractivity contribution in [2.75, 3.05) is 0 Å². The molecule has 0 saturated carbocycles. The van der Waals surface area contributed by atoms with Crippen molar-refractivity contribution in [3.63, 3.8) is 0 Å². The summed E-state index contributed by atoms with van der Waals surface area (Å²) < 4.78 is 0. The first-order valence-corrected chi connectivity index (χ1v) is 20.6. The van der Waals surface area contributed by atoms with E-state index in [-0.39, 0.29) is 0 Å². The molecule has 0 N–H and O–H groups in total. The molecule has 4 nitrogen and oxygen atoms in total. The molecule has 10 aromatic rings. The van der Waals surface area contributed by atoms with Gasteiger partial charge in [0.15, 0.2) is 17.5 Å². The molecular formula is C57H38N4. The fraction of sp³-hybridized carbons (Fsp3) is 0.0175. The Hall–Kier alpha value is -8.08. The van der Waals surface area contributed by atoms with E-state index in [0.29, 0.717) is 17.5 Å². The molecule has 8 aromatic carbocycles. The van der Waals surface area contributed by atoms with Crippen molar-refractivity contribution in [3.8, 4) is 78.7 Å². The zero-order valence-electron chi connectivity index (χ0n) is 33.2. The molecule has 0 aliphatic heterocycles. The molecule has 0 bridgehead atoms. The quantitative estimate of drug-likeness (QED) is 0.154. The summed E-state index contributed by atoms with van der Waals surface area (Å²) in [5.74, 6) is 1.89. The van der Waals surface area contributed by atoms with E-state index in [1.165, 1.54) is 44.5 Å². The predicted molar refractivity (Wildman–Crippen MR) is 248 cm³/mol. The van der Waals surface area contributed by atoms with Crippen molar-refractivity contribution >= 4 is 0 Å². The van der Waals surface area contributed by atoms with Gasteiger partial charge in [-0.3, -0.25) is 4.98 Å². The van der Waals surface area contributed by atoms with Gasteiger partial charge in [0.25, 0.3) is 0 Å². The summed E-state index contributed by atoms with van der Waals surface area (Å²) in [6.45, 7) is 0. The number of fused-ring (bicyclic) bond motifs is 3. The van der Waals surface area contributed by atoms with Crippen LogP contribution in [0.4, 0.5) is 0 Å². The normalized spacial score (nSPS) is 12.4. The zero-order chi connectivity index (χ0) is 40.6. The summed E-state index contributed by atoms with van der Waals surface area (Å²) in [5, 5.41) is 0. The van der Waals surface area contributed by atoms with Crippen LogP contribution in [0.2, 0.25) is 0 Å². The summed E-state index contributed by atoms with van der Waals surface area (Å²) in [6, 6.07) is 77.7. The van der Waals surface area contributed by atoms with Crippen LogP contribution in [0.1, 0.15) is 22.3 Å². The van der Waals surface area contributed by atoms with Gasteiger partial charge in [0.2, 0.25) is 0 Å². The van der Waals surface area contributed by atoms with Crippen molar-refractivity contribution in [2.24, 2.45) is 0 Å². The van der Waals surface area contributed by atoms with Crippen LogP contribution in [0.3, 0.4) is 0 Å². The standard InChI is InChI=1S/C57H38N4/c1-4-13-43(14-5-1)54-59-55(61-56(60-54)45-32-28-42(29-33-45)47-15-12-36-58-38-47)44-30-26-40(27-31-44)39-22-24-41(25-23-39)46-34-35-51-50-20-10-11-21-52(50)57(53(51)37-46,48-16-6-2-7-17-48)49-18-8-3-9-19-49/h1-38H. The third kappa shape index (κ3) is 6.42. The lowest BCUT2D eigenvalue weighted by molar-refractivity contribution is 0.769. The Morgan fingerprint density at radius 2 is 0.672 bits per heavy atom. The lowest BCUT2D eigenvalue weighted by Crippen LogP contribution is -2.28. The van der Waals surface area contributed by atoms with E-state index in [9.17, 15) is 0 Å². The van der Waals surface area contributed by atoms with Crippen LogP contribution in [0.15, 0.2) is 231 Å². The summed E-state index contributed by atoms with van der Waals surface area (Å²) in [4.78, 5) is 19.2. The average Bonchev–Trinajstić information content (AvgIpc) is 3.65. The molecule has 2 aromatic heterocycles. The van der Waals surface area contributed by atoms with Crippen molar-refractivity contribution < 1.29 is 0 Å². The molecule has 0 fully saturated rings. The van der Waals surface area contributed by atoms with Gasteiger partial charge in [0.05, 0.1) is 5.41 Å². The molecule has 0 atom stereocenters. The second kappa shape index (κ2) is 15.3. The number of pyridine rings is 1. The smallest absolute Gasteiger partial charge is 0.164 e. The van der Waals surface area contributed by atoms with Crippen LogP contribution in [0.5, 0.6) is 0 Å². The number of nitrogens with zero attached hydrogens (tertiary/aromatic N) is 4. The lowest BCUT2D eigenvalue weighted by Gasteiger charge is -2.34. The molecule has 4 heteroatoms. The SMILES string of the molecule is c1ccc(-c2nc(-c3ccc(-c4ccc(-c5ccc6c(c5)C(c5ccccc5)(c5ccccc5)c5ccccc5-6)cc4)cc3)nc(-c3ccc(-c4cccnc4)cc3)n2)cc1. The summed E-state index contributed by atoms with van der Waals surface area (Å²) in [5.41, 5.74) is 16.9. The first kappa shape index (κ1) is 36.0. The van der Waals surface area contributed by atoms with E-state index in [2.05, 4.69) is 187 Å². The summed E-state index contributed by atoms with van der Waals surface area (Å²) in [7, 11) is 0. The Morgan fingerprint density at radius 1 is 0.279 bits per heavy atom. The topological polar surface area (TPSA) is 51.6 Å². The van der Waals surface area contributed by atoms with Crippen LogP contribution in [0, 0.1) is 0 Å². The molecule has 0 amide bonds. The van der Waals surface area contributed by atoms with Crippen molar-refractivity contribution in [3.05, 3.63) is 253 Å². The summed E-state index contributed by atoms with van der Waals surface area (Å²) >= 11 is 0. The molecule has 0 unspecified atom stereocenters. The molecule has 61 heavy (non-hydrogen) atoms. The minimum absolute atomic E-state index is 0.432. The second-order valence-electron chi connectivity index (χ2n) is 15.4. The number of rotatable bonds is 8. The Kier molecular flexibility index (Phi) is 9.02. The monoisotopic (exact) mass is 778 g/mol. The van der Waals surface area contributed by atoms with Gasteiger partial charge in [-0.15, -0.1) is 0 Å². The van der Waals surface area contributed by atoms with Gasteiger partial charge in [-0.2, -0.15) is 0 Å². The highest BCUT2D eigenvalue weighted by Crippen LogP contribution is 2.56. The van der Waals surface area contributed by atoms with E-state index in [4.69, 9.17) is 15.0 Å². The Morgan fingerprint density at radius 3 is 1.20 bits per heavy atom. The third-order valence-electron chi connectivity index (χ3n) is 12.0. The fourth-order valence-corrected chi connectivity index (χ4v) is 8.99. The van der Waals surface area contributed by atoms with Gasteiger partial charge in [-0.25, -0.2) is 15.0 Å². The van der Waals surface area contributed by atoms with E-state index in [0.717, 1.165) is 38.9 Å². The Bertz CT molecular complexity index is 3090. The van der Waals surface area contributed by atoms with Crippen LogP contribution in [0.25, 0.3) is 78.7 Å². The number of aromatic nitrogens is 4. The maximum Gasteiger partial charge on any atom is 0.164 e. The van der Waals surface area contributed by atoms with Crippen LogP contribution in [-0.2, 0) is 5.41 Å². The number of benzene rings is 8. The Labute approximate surface area is 355 Å². The molecule has 11 rings (SSSR count). The van der Waals surface area contributed by atoms with E-state index >= 15 is 0 Å². The molecular weight excluding hydrogens is 741 g/mol. The third-order valence-corrected chi connectivity index (χ3v) is 12.0. The maximum atomic E-state index is 5.00. The molecule has 2 heterocycles. The molecule has 0 radical (unpaired) electrons. The van der Waals surface area contributed by atoms with Gasteiger partial charge >= 0.3 is 0 Å². The molecule has 0 saturated heterocycles. The minimum atomic E-state index is -0.432. The van der Waals surface area contributed by atoms with Crippen molar-refractivity contribution in [2.45, 2.75) is 5.41 Å². The number of hydrogen-bond donors (Lipinski definition) is 0. The van der Waals surface area contributed by atoms with Gasteiger partial charge in [0, 0.05) is 29.1 Å². The second-order valence-corrected chi connectivity index (χ2v) is 15.4. The zero-order valence-corrected chi connectivity index (χ0v) is 33.2. The Balaban J connectivity index is 0.921. The first-order valence-electron chi connectivity index (χ1n) is 20.6. The highest BCUT2D eigenvalue weighted by atomic mass is 15.0. The van der Waals surface area contributed by atoms with E-state index in [1.54, 1.807) is 6.20 Å². The molecule has 286 valence electrons. The van der Waals surface area contributed by atoms with Crippen molar-refractivity contribution in [1.82, 2.24) is 19.9 Å². The molecule has 0 spiro atoms. The maximum absolute atomic E-state index is 5.00. The predicted octanol–water partition coefficient (Wildman–Crippen LogP) is 13.6. The van der Waals surface area contributed by atoms with Gasteiger partial charge < -0.3 is 0 Å². The van der Waals surface area contributed by atoms with Crippen LogP contribution < -0.4 is 0 Å². The molecule has 1 aliphatic rings. The minimum Gasteiger partial charge on any atom is -0.264 e. The van der Waals surface area contributed by atoms with Gasteiger partial charge in [-0.1, -0.05) is 206 Å². The molecule has 1 aliphatic carbocycles. The van der Waals surface area contributed by atoms with Gasteiger partial charge in [-0.05, 0) is 78.9 Å². The van der Waals surface area contributed by atoms with E-state index in [1.807, 2.05) is 42.6 Å². The van der Waals surface area contributed by atoms with Crippen LogP contribution in [-0.4, -0.2) is 19.9 Å². The van der Waals surface area contributed by atoms with Crippen molar-refractivity contribution in [1.29, 1.82) is 0 Å². The fourth-order valence-electron chi connectivity index (χ4n) is 8.99. The first-order chi connectivity index (χ1) is 30.2. The largest absolute Gasteiger partial charge is 0.264 e. The lowest BCUT2D eigenvalue weighted by atomic mass is 9.67. The number of hydrogen-bond acceptors (Lipinski definition) is 4. The summed E-state index contributed by atoms with van der Waals surface area (Å²) in [6.07, 6.45) is 3.66. The van der Waals surface area contributed by atoms with Gasteiger partial charge in [0.1, 0.15) is 0 Å². The highest BCUT2D eigenvalue weighted by Gasteiger charge is 2.46. The van der Waals surface area contributed by atoms with E-state index < -0.39 is 5.41 Å². The highest BCUT2D eigenvalue weighted by molar-refractivity contribution is 5.88. The average molecular weight is 779 g/mol.